The van der Waals surface area contributed by atoms with E-state index in [1.165, 1.54) is 0 Å². The zero-order chi connectivity index (χ0) is 13.0. The number of carbonyl (C=O) groups excluding carboxylic acids is 1. The molecule has 5 nitrogen and oxygen atoms in total. The highest BCUT2D eigenvalue weighted by atomic mass is 16.1. The van der Waals surface area contributed by atoms with Crippen LogP contribution in [0.4, 0.5) is 11.6 Å². The molecule has 5 heteroatoms. The monoisotopic (exact) mass is 242 g/mol. The lowest BCUT2D eigenvalue weighted by molar-refractivity contribution is 0.102. The maximum Gasteiger partial charge on any atom is 0.260 e. The number of nitrogens with zero attached hydrogens (tertiary/aromatic N) is 3. The molecule has 18 heavy (non-hydrogen) atoms. The van der Waals surface area contributed by atoms with Crippen molar-refractivity contribution in [2.45, 2.75) is 0 Å². The van der Waals surface area contributed by atoms with Gasteiger partial charge in [0.15, 0.2) is 0 Å². The zero-order valence-corrected chi connectivity index (χ0v) is 10.3. The normalized spacial score (nSPS) is 9.89. The van der Waals surface area contributed by atoms with Crippen LogP contribution in [0.5, 0.6) is 0 Å². The Balaban J connectivity index is 2.24. The summed E-state index contributed by atoms with van der Waals surface area (Å²) in [5.74, 6) is 0.0848. The van der Waals surface area contributed by atoms with Crippen LogP contribution in [-0.2, 0) is 0 Å². The fourth-order valence-corrected chi connectivity index (χ4v) is 1.59. The second kappa shape index (κ2) is 5.27. The average Bonchev–Trinajstić information content (AvgIpc) is 2.40. The molecule has 1 amide bonds. The highest BCUT2D eigenvalue weighted by Crippen LogP contribution is 2.18. The van der Waals surface area contributed by atoms with Gasteiger partial charge in [-0.25, -0.2) is 9.97 Å². The Kier molecular flexibility index (Phi) is 3.52. The summed E-state index contributed by atoms with van der Waals surface area (Å²) >= 11 is 0. The molecule has 0 saturated carbocycles. The molecule has 0 aliphatic rings. The van der Waals surface area contributed by atoms with Gasteiger partial charge in [-0.1, -0.05) is 12.1 Å². The molecular formula is C13H14N4O. The Hall–Kier alpha value is -2.43. The summed E-state index contributed by atoms with van der Waals surface area (Å²) in [7, 11) is 3.79. The third-order valence-electron chi connectivity index (χ3n) is 2.42. The van der Waals surface area contributed by atoms with E-state index >= 15 is 0 Å². The molecule has 1 aromatic carbocycles. The van der Waals surface area contributed by atoms with Gasteiger partial charge in [-0.3, -0.25) is 10.1 Å². The lowest BCUT2D eigenvalue weighted by atomic mass is 10.1. The van der Waals surface area contributed by atoms with E-state index in [-0.39, 0.29) is 5.91 Å². The van der Waals surface area contributed by atoms with Crippen LogP contribution in [0.1, 0.15) is 10.4 Å². The molecule has 0 unspecified atom stereocenters. The minimum atomic E-state index is -0.217. The van der Waals surface area contributed by atoms with Crippen LogP contribution in [0.3, 0.4) is 0 Å². The molecule has 0 fully saturated rings. The molecule has 0 saturated heterocycles. The van der Waals surface area contributed by atoms with Crippen LogP contribution in [-0.4, -0.2) is 30.0 Å². The van der Waals surface area contributed by atoms with Crippen molar-refractivity contribution in [3.05, 3.63) is 48.3 Å². The van der Waals surface area contributed by atoms with E-state index in [0.717, 1.165) is 5.69 Å². The number of hydrogen-bond donors (Lipinski definition) is 1. The summed E-state index contributed by atoms with van der Waals surface area (Å²) in [6.45, 7) is 0. The van der Waals surface area contributed by atoms with E-state index in [1.807, 2.05) is 37.2 Å². The summed E-state index contributed by atoms with van der Waals surface area (Å²) in [4.78, 5) is 21.9. The third-order valence-corrected chi connectivity index (χ3v) is 2.42. The Morgan fingerprint density at radius 3 is 2.44 bits per heavy atom. The van der Waals surface area contributed by atoms with Gasteiger partial charge in [0.25, 0.3) is 5.91 Å². The van der Waals surface area contributed by atoms with E-state index in [0.29, 0.717) is 11.5 Å². The van der Waals surface area contributed by atoms with E-state index < -0.39 is 0 Å². The lowest BCUT2D eigenvalue weighted by Gasteiger charge is -2.16. The van der Waals surface area contributed by atoms with Gasteiger partial charge in [-0.2, -0.15) is 0 Å². The second-order valence-electron chi connectivity index (χ2n) is 3.94. The highest BCUT2D eigenvalue weighted by Gasteiger charge is 2.12. The standard InChI is InChI=1S/C13H14N4O/c1-17(2)11-7-4-3-6-10(11)12(18)16-13-14-8-5-9-15-13/h3-9H,1-2H3,(H,14,15,16,18). The van der Waals surface area contributed by atoms with Crippen molar-refractivity contribution >= 4 is 17.5 Å². The van der Waals surface area contributed by atoms with Gasteiger partial charge >= 0.3 is 0 Å². The fourth-order valence-electron chi connectivity index (χ4n) is 1.59. The molecule has 0 atom stereocenters. The number of carbonyl (C=O) groups is 1. The summed E-state index contributed by atoms with van der Waals surface area (Å²) in [6.07, 6.45) is 3.17. The minimum absolute atomic E-state index is 0.217. The first-order valence-corrected chi connectivity index (χ1v) is 5.53. The number of benzene rings is 1. The van der Waals surface area contributed by atoms with Crippen molar-refractivity contribution in [2.24, 2.45) is 0 Å². The van der Waals surface area contributed by atoms with Crippen LogP contribution in [0, 0.1) is 0 Å². The van der Waals surface area contributed by atoms with Crippen LogP contribution >= 0.6 is 0 Å². The molecule has 1 N–H and O–H groups in total. The van der Waals surface area contributed by atoms with Gasteiger partial charge in [0.1, 0.15) is 0 Å². The molecule has 0 aliphatic heterocycles. The second-order valence-corrected chi connectivity index (χ2v) is 3.94. The molecule has 1 aromatic heterocycles. The van der Waals surface area contributed by atoms with Crippen molar-refractivity contribution in [1.29, 1.82) is 0 Å². The summed E-state index contributed by atoms with van der Waals surface area (Å²) in [6, 6.07) is 9.08. The lowest BCUT2D eigenvalue weighted by Crippen LogP contribution is -2.19. The Bertz CT molecular complexity index is 540. The summed E-state index contributed by atoms with van der Waals surface area (Å²) in [5, 5.41) is 2.67. The molecule has 2 rings (SSSR count). The SMILES string of the molecule is CN(C)c1ccccc1C(=O)Nc1ncccn1. The number of anilines is 2. The zero-order valence-electron chi connectivity index (χ0n) is 10.3. The van der Waals surface area contributed by atoms with Crippen molar-refractivity contribution < 1.29 is 4.79 Å². The largest absolute Gasteiger partial charge is 0.377 e. The maximum absolute atomic E-state index is 12.1. The minimum Gasteiger partial charge on any atom is -0.377 e. The number of nitrogens with one attached hydrogen (secondary N) is 1. The molecule has 2 aromatic rings. The fraction of sp³-hybridized carbons (Fsp3) is 0.154. The van der Waals surface area contributed by atoms with Crippen molar-refractivity contribution in [3.63, 3.8) is 0 Å². The van der Waals surface area contributed by atoms with Gasteiger partial charge in [0, 0.05) is 32.2 Å². The quantitative estimate of drug-likeness (QED) is 0.891. The highest BCUT2D eigenvalue weighted by molar-refractivity contribution is 6.07. The number of hydrogen-bond acceptors (Lipinski definition) is 4. The number of aromatic nitrogens is 2. The first-order chi connectivity index (χ1) is 8.68. The van der Waals surface area contributed by atoms with Gasteiger partial charge in [0.05, 0.1) is 5.56 Å². The van der Waals surface area contributed by atoms with Crippen LogP contribution in [0.25, 0.3) is 0 Å². The van der Waals surface area contributed by atoms with E-state index in [1.54, 1.807) is 24.5 Å². The molecular weight excluding hydrogens is 228 g/mol. The summed E-state index contributed by atoms with van der Waals surface area (Å²) < 4.78 is 0. The van der Waals surface area contributed by atoms with Gasteiger partial charge in [0.2, 0.25) is 5.95 Å². The number of rotatable bonds is 3. The topological polar surface area (TPSA) is 58.1 Å². The van der Waals surface area contributed by atoms with E-state index in [2.05, 4.69) is 15.3 Å². The third kappa shape index (κ3) is 2.63. The van der Waals surface area contributed by atoms with Gasteiger partial charge in [-0.15, -0.1) is 0 Å². The molecule has 0 bridgehead atoms. The first-order valence-electron chi connectivity index (χ1n) is 5.53. The predicted molar refractivity (Wildman–Crippen MR) is 70.8 cm³/mol. The van der Waals surface area contributed by atoms with E-state index in [4.69, 9.17) is 0 Å². The summed E-state index contributed by atoms with van der Waals surface area (Å²) in [5.41, 5.74) is 1.45. The maximum atomic E-state index is 12.1. The molecule has 0 radical (unpaired) electrons. The number of para-hydroxylation sites is 1. The van der Waals surface area contributed by atoms with Crippen LogP contribution < -0.4 is 10.2 Å². The number of amides is 1. The van der Waals surface area contributed by atoms with E-state index in [9.17, 15) is 4.79 Å². The molecule has 0 aliphatic carbocycles. The van der Waals surface area contributed by atoms with Gasteiger partial charge in [-0.05, 0) is 18.2 Å². The van der Waals surface area contributed by atoms with Crippen molar-refractivity contribution in [3.8, 4) is 0 Å². The Labute approximate surface area is 105 Å². The molecule has 0 spiro atoms. The molecule has 92 valence electrons. The molecule has 1 heterocycles. The van der Waals surface area contributed by atoms with Crippen molar-refractivity contribution in [2.75, 3.05) is 24.3 Å². The smallest absolute Gasteiger partial charge is 0.260 e. The van der Waals surface area contributed by atoms with Crippen molar-refractivity contribution in [1.82, 2.24) is 9.97 Å². The predicted octanol–water partition coefficient (Wildman–Crippen LogP) is 1.79. The Morgan fingerprint density at radius 2 is 1.78 bits per heavy atom. The average molecular weight is 242 g/mol. The van der Waals surface area contributed by atoms with Crippen LogP contribution in [0.15, 0.2) is 42.7 Å². The van der Waals surface area contributed by atoms with Crippen LogP contribution in [0.2, 0.25) is 0 Å². The first kappa shape index (κ1) is 12.0. The van der Waals surface area contributed by atoms with Gasteiger partial charge < -0.3 is 4.90 Å². The Morgan fingerprint density at radius 1 is 1.11 bits per heavy atom.